The summed E-state index contributed by atoms with van der Waals surface area (Å²) in [6.07, 6.45) is 1.53. The molecule has 0 aliphatic heterocycles. The van der Waals surface area contributed by atoms with Crippen molar-refractivity contribution in [1.82, 2.24) is 0 Å². The van der Waals surface area contributed by atoms with Gasteiger partial charge in [0.1, 0.15) is 30.1 Å². The fraction of sp³-hybridized carbons (Fsp3) is 0.0588. The Labute approximate surface area is 131 Å². The summed E-state index contributed by atoms with van der Waals surface area (Å²) >= 11 is 3.39. The molecule has 2 aromatic carbocycles. The molecule has 3 nitrogen and oxygen atoms in total. The summed E-state index contributed by atoms with van der Waals surface area (Å²) in [4.78, 5) is 0. The number of ether oxygens (including phenoxy) is 1. The monoisotopic (exact) mass is 338 g/mol. The van der Waals surface area contributed by atoms with Crippen LogP contribution in [0.25, 0.3) is 6.08 Å². The molecule has 0 N–H and O–H groups in total. The molecule has 0 aromatic heterocycles. The molecule has 2 aromatic rings. The Morgan fingerprint density at radius 1 is 1.10 bits per heavy atom. The summed E-state index contributed by atoms with van der Waals surface area (Å²) in [5.41, 5.74) is 1.90. The Hall–Kier alpha value is -2.56. The normalized spacial score (nSPS) is 9.29. The van der Waals surface area contributed by atoms with E-state index < -0.39 is 0 Å². The smallest absolute Gasteiger partial charge is 0.130 e. The van der Waals surface area contributed by atoms with Gasteiger partial charge in [-0.1, -0.05) is 40.2 Å². The molecule has 0 spiro atoms. The molecule has 0 atom stereocenters. The number of hydrogen-bond acceptors (Lipinski definition) is 3. The lowest BCUT2D eigenvalue weighted by Gasteiger charge is -2.07. The van der Waals surface area contributed by atoms with Gasteiger partial charge in [-0.25, -0.2) is 0 Å². The molecule has 0 saturated carbocycles. The molecular formula is C17H11BrN2O. The van der Waals surface area contributed by atoms with Gasteiger partial charge in [0.25, 0.3) is 0 Å². The Kier molecular flexibility index (Phi) is 5.15. The minimum atomic E-state index is 0.0695. The van der Waals surface area contributed by atoms with Crippen molar-refractivity contribution in [2.45, 2.75) is 6.61 Å². The first-order valence-electron chi connectivity index (χ1n) is 6.20. The first-order valence-corrected chi connectivity index (χ1v) is 7.00. The van der Waals surface area contributed by atoms with E-state index in [1.54, 1.807) is 6.07 Å². The number of nitriles is 2. The minimum absolute atomic E-state index is 0.0695. The summed E-state index contributed by atoms with van der Waals surface area (Å²) in [5, 5.41) is 17.5. The van der Waals surface area contributed by atoms with E-state index in [9.17, 15) is 0 Å². The molecule has 2 rings (SSSR count). The largest absolute Gasteiger partial charge is 0.489 e. The van der Waals surface area contributed by atoms with E-state index in [-0.39, 0.29) is 5.57 Å². The number of hydrogen-bond donors (Lipinski definition) is 0. The van der Waals surface area contributed by atoms with E-state index >= 15 is 0 Å². The van der Waals surface area contributed by atoms with Crippen LogP contribution in [0, 0.1) is 22.7 Å². The van der Waals surface area contributed by atoms with Crippen molar-refractivity contribution in [2.24, 2.45) is 0 Å². The van der Waals surface area contributed by atoms with Crippen LogP contribution in [0.5, 0.6) is 5.75 Å². The van der Waals surface area contributed by atoms with Crippen LogP contribution < -0.4 is 4.74 Å². The lowest BCUT2D eigenvalue weighted by molar-refractivity contribution is 0.306. The van der Waals surface area contributed by atoms with Gasteiger partial charge < -0.3 is 4.74 Å². The Morgan fingerprint density at radius 2 is 1.81 bits per heavy atom. The van der Waals surface area contributed by atoms with E-state index in [4.69, 9.17) is 15.3 Å². The van der Waals surface area contributed by atoms with Gasteiger partial charge in [-0.05, 0) is 41.5 Å². The van der Waals surface area contributed by atoms with Crippen molar-refractivity contribution >= 4 is 22.0 Å². The highest BCUT2D eigenvalue weighted by atomic mass is 79.9. The van der Waals surface area contributed by atoms with Crippen LogP contribution in [0.4, 0.5) is 0 Å². The summed E-state index contributed by atoms with van der Waals surface area (Å²) in [7, 11) is 0. The van der Waals surface area contributed by atoms with Crippen LogP contribution in [-0.2, 0) is 6.61 Å². The second kappa shape index (κ2) is 7.28. The number of rotatable bonds is 4. The first kappa shape index (κ1) is 14.8. The van der Waals surface area contributed by atoms with Gasteiger partial charge in [0, 0.05) is 4.47 Å². The molecule has 102 valence electrons. The van der Waals surface area contributed by atoms with E-state index in [1.807, 2.05) is 54.6 Å². The topological polar surface area (TPSA) is 56.8 Å². The standard InChI is InChI=1S/C17H11BrN2O/c18-16-6-4-13(5-7-16)12-21-17-3-1-2-14(9-17)8-15(10-19)11-20/h1-9H,12H2. The highest BCUT2D eigenvalue weighted by Crippen LogP contribution is 2.18. The Bertz CT molecular complexity index is 721. The highest BCUT2D eigenvalue weighted by Gasteiger charge is 1.99. The molecule has 0 saturated heterocycles. The predicted octanol–water partition coefficient (Wildman–Crippen LogP) is 4.46. The Morgan fingerprint density at radius 3 is 2.48 bits per heavy atom. The fourth-order valence-electron chi connectivity index (χ4n) is 1.70. The van der Waals surface area contributed by atoms with Gasteiger partial charge in [-0.2, -0.15) is 10.5 Å². The number of allylic oxidation sites excluding steroid dienone is 1. The molecule has 0 aliphatic rings. The molecule has 0 aliphatic carbocycles. The second-order valence-corrected chi connectivity index (χ2v) is 5.18. The van der Waals surface area contributed by atoms with E-state index in [1.165, 1.54) is 6.08 Å². The molecule has 0 unspecified atom stereocenters. The summed E-state index contributed by atoms with van der Waals surface area (Å²) in [6, 6.07) is 18.9. The van der Waals surface area contributed by atoms with Crippen LogP contribution in [0.15, 0.2) is 58.6 Å². The first-order chi connectivity index (χ1) is 10.2. The van der Waals surface area contributed by atoms with Crippen LogP contribution >= 0.6 is 15.9 Å². The number of nitrogens with zero attached hydrogens (tertiary/aromatic N) is 2. The highest BCUT2D eigenvalue weighted by molar-refractivity contribution is 9.10. The van der Waals surface area contributed by atoms with E-state index in [0.29, 0.717) is 12.4 Å². The third-order valence-electron chi connectivity index (χ3n) is 2.73. The van der Waals surface area contributed by atoms with Crippen LogP contribution in [0.3, 0.4) is 0 Å². The third kappa shape index (κ3) is 4.49. The zero-order valence-electron chi connectivity index (χ0n) is 11.1. The molecule has 21 heavy (non-hydrogen) atoms. The lowest BCUT2D eigenvalue weighted by atomic mass is 10.1. The Balaban J connectivity index is 2.08. The minimum Gasteiger partial charge on any atom is -0.489 e. The van der Waals surface area contributed by atoms with Crippen molar-refractivity contribution in [3.05, 3.63) is 69.7 Å². The van der Waals surface area contributed by atoms with Gasteiger partial charge in [-0.3, -0.25) is 0 Å². The van der Waals surface area contributed by atoms with E-state index in [0.717, 1.165) is 15.6 Å². The maximum atomic E-state index is 8.76. The van der Waals surface area contributed by atoms with Crippen molar-refractivity contribution in [2.75, 3.05) is 0 Å². The zero-order chi connectivity index (χ0) is 15.1. The maximum Gasteiger partial charge on any atom is 0.130 e. The molecule has 0 heterocycles. The average molecular weight is 339 g/mol. The lowest BCUT2D eigenvalue weighted by Crippen LogP contribution is -1.95. The summed E-state index contributed by atoms with van der Waals surface area (Å²) in [6.45, 7) is 0.462. The quantitative estimate of drug-likeness (QED) is 0.773. The zero-order valence-corrected chi connectivity index (χ0v) is 12.7. The van der Waals surface area contributed by atoms with Crippen molar-refractivity contribution in [3.8, 4) is 17.9 Å². The second-order valence-electron chi connectivity index (χ2n) is 4.27. The maximum absolute atomic E-state index is 8.76. The van der Waals surface area contributed by atoms with Crippen molar-refractivity contribution < 1.29 is 4.74 Å². The van der Waals surface area contributed by atoms with Crippen LogP contribution in [-0.4, -0.2) is 0 Å². The molecule has 0 amide bonds. The molecular weight excluding hydrogens is 328 g/mol. The fourth-order valence-corrected chi connectivity index (χ4v) is 1.96. The van der Waals surface area contributed by atoms with Crippen LogP contribution in [0.2, 0.25) is 0 Å². The van der Waals surface area contributed by atoms with E-state index in [2.05, 4.69) is 15.9 Å². The van der Waals surface area contributed by atoms with Crippen molar-refractivity contribution in [1.29, 1.82) is 10.5 Å². The van der Waals surface area contributed by atoms with Gasteiger partial charge in [-0.15, -0.1) is 0 Å². The summed E-state index contributed by atoms with van der Waals surface area (Å²) < 4.78 is 6.74. The van der Waals surface area contributed by atoms with Gasteiger partial charge >= 0.3 is 0 Å². The van der Waals surface area contributed by atoms with Crippen molar-refractivity contribution in [3.63, 3.8) is 0 Å². The molecule has 0 fully saturated rings. The molecule has 0 radical (unpaired) electrons. The van der Waals surface area contributed by atoms with Gasteiger partial charge in [0.05, 0.1) is 0 Å². The number of benzene rings is 2. The third-order valence-corrected chi connectivity index (χ3v) is 3.26. The summed E-state index contributed by atoms with van der Waals surface area (Å²) in [5.74, 6) is 0.696. The van der Waals surface area contributed by atoms with Gasteiger partial charge in [0.2, 0.25) is 0 Å². The molecule has 4 heteroatoms. The average Bonchev–Trinajstić information content (AvgIpc) is 2.52. The molecule has 0 bridgehead atoms. The number of halogens is 1. The SMILES string of the molecule is N#CC(C#N)=Cc1cccc(OCc2ccc(Br)cc2)c1. The van der Waals surface area contributed by atoms with Crippen LogP contribution in [0.1, 0.15) is 11.1 Å². The predicted molar refractivity (Wildman–Crippen MR) is 84.1 cm³/mol. The van der Waals surface area contributed by atoms with Gasteiger partial charge in [0.15, 0.2) is 0 Å².